The molecular weight excluding hydrogens is 469 g/mol. The number of carbonyl (C=O) groups is 1. The number of rotatable bonds is 5. The molecule has 3 rings (SSSR count). The SMILES string of the molecule is N#Cc1ccccc1C(=O)c1ncc(N)cc1NS(=O)(=O)c1ccc(Cl)c(C(F)(F)F)c1. The van der Waals surface area contributed by atoms with Crippen LogP contribution in [0.2, 0.25) is 5.02 Å². The van der Waals surface area contributed by atoms with Crippen LogP contribution in [0.25, 0.3) is 0 Å². The lowest BCUT2D eigenvalue weighted by Gasteiger charge is -2.14. The first-order valence-electron chi connectivity index (χ1n) is 8.63. The highest BCUT2D eigenvalue weighted by Gasteiger charge is 2.34. The molecule has 3 aromatic rings. The average Bonchev–Trinajstić information content (AvgIpc) is 2.72. The molecule has 32 heavy (non-hydrogen) atoms. The second-order valence-corrected chi connectivity index (χ2v) is 8.49. The first-order chi connectivity index (χ1) is 14.9. The fraction of sp³-hybridized carbons (Fsp3) is 0.0500. The second kappa shape index (κ2) is 8.49. The first-order valence-corrected chi connectivity index (χ1v) is 10.5. The molecule has 0 aliphatic rings. The van der Waals surface area contributed by atoms with E-state index in [1.54, 1.807) is 0 Å². The molecule has 12 heteroatoms. The maximum atomic E-state index is 13.1. The molecule has 0 fully saturated rings. The highest BCUT2D eigenvalue weighted by molar-refractivity contribution is 7.92. The second-order valence-electron chi connectivity index (χ2n) is 6.40. The number of aromatic nitrogens is 1. The van der Waals surface area contributed by atoms with E-state index >= 15 is 0 Å². The highest BCUT2D eigenvalue weighted by atomic mass is 35.5. The summed E-state index contributed by atoms with van der Waals surface area (Å²) in [7, 11) is -4.60. The van der Waals surface area contributed by atoms with Gasteiger partial charge >= 0.3 is 6.18 Å². The minimum absolute atomic E-state index is 0.0140. The summed E-state index contributed by atoms with van der Waals surface area (Å²) < 4.78 is 67.0. The van der Waals surface area contributed by atoms with E-state index in [-0.39, 0.29) is 22.5 Å². The minimum atomic E-state index is -4.89. The molecule has 164 valence electrons. The van der Waals surface area contributed by atoms with E-state index in [0.717, 1.165) is 24.4 Å². The first kappa shape index (κ1) is 23.1. The summed E-state index contributed by atoms with van der Waals surface area (Å²) in [6, 6.07) is 10.8. The minimum Gasteiger partial charge on any atom is -0.397 e. The van der Waals surface area contributed by atoms with Gasteiger partial charge in [0.2, 0.25) is 5.78 Å². The van der Waals surface area contributed by atoms with Gasteiger partial charge in [0.1, 0.15) is 5.69 Å². The Kier molecular flexibility index (Phi) is 6.11. The van der Waals surface area contributed by atoms with Gasteiger partial charge in [-0.05, 0) is 36.4 Å². The van der Waals surface area contributed by atoms with Crippen molar-refractivity contribution < 1.29 is 26.4 Å². The Morgan fingerprint density at radius 3 is 2.50 bits per heavy atom. The number of halogens is 4. The van der Waals surface area contributed by atoms with E-state index in [1.165, 1.54) is 24.3 Å². The fourth-order valence-corrected chi connectivity index (χ4v) is 4.05. The maximum absolute atomic E-state index is 13.1. The zero-order valence-electron chi connectivity index (χ0n) is 15.8. The molecule has 0 spiro atoms. The van der Waals surface area contributed by atoms with Crippen LogP contribution in [-0.4, -0.2) is 19.2 Å². The van der Waals surface area contributed by atoms with Gasteiger partial charge in [0.15, 0.2) is 0 Å². The molecule has 0 amide bonds. The van der Waals surface area contributed by atoms with Crippen molar-refractivity contribution in [2.45, 2.75) is 11.1 Å². The normalized spacial score (nSPS) is 11.6. The molecule has 3 N–H and O–H groups in total. The zero-order chi connectivity index (χ0) is 23.7. The van der Waals surface area contributed by atoms with Gasteiger partial charge in [0, 0.05) is 5.56 Å². The summed E-state index contributed by atoms with van der Waals surface area (Å²) in [5.41, 5.74) is 3.52. The molecule has 2 aromatic carbocycles. The molecule has 1 aromatic heterocycles. The Labute approximate surface area is 185 Å². The number of sulfonamides is 1. The molecule has 0 atom stereocenters. The summed E-state index contributed by atoms with van der Waals surface area (Å²) in [5, 5.41) is 8.55. The average molecular weight is 481 g/mol. The number of benzene rings is 2. The number of ketones is 1. The Hall–Kier alpha value is -3.62. The van der Waals surface area contributed by atoms with Gasteiger partial charge in [0.25, 0.3) is 10.0 Å². The number of alkyl halides is 3. The third-order valence-corrected chi connectivity index (χ3v) is 5.91. The van der Waals surface area contributed by atoms with Crippen molar-refractivity contribution in [2.75, 3.05) is 10.5 Å². The van der Waals surface area contributed by atoms with Crippen molar-refractivity contribution in [2.24, 2.45) is 0 Å². The standard InChI is InChI=1S/C20H12ClF3N4O3S/c21-16-6-5-13(8-15(16)20(22,23)24)32(30,31)28-17-7-12(26)10-27-18(17)19(29)14-4-2-1-3-11(14)9-25/h1-8,10,28H,26H2. The third kappa shape index (κ3) is 4.66. The molecule has 0 saturated heterocycles. The van der Waals surface area contributed by atoms with Crippen molar-refractivity contribution in [3.63, 3.8) is 0 Å². The van der Waals surface area contributed by atoms with E-state index in [0.29, 0.717) is 6.07 Å². The summed E-state index contributed by atoms with van der Waals surface area (Å²) >= 11 is 5.54. The lowest BCUT2D eigenvalue weighted by molar-refractivity contribution is -0.137. The van der Waals surface area contributed by atoms with Crippen LogP contribution >= 0.6 is 11.6 Å². The monoisotopic (exact) mass is 480 g/mol. The fourth-order valence-electron chi connectivity index (χ4n) is 2.74. The Morgan fingerprint density at radius 2 is 1.84 bits per heavy atom. The summed E-state index contributed by atoms with van der Waals surface area (Å²) in [5.74, 6) is -0.785. The van der Waals surface area contributed by atoms with E-state index in [2.05, 4.69) is 4.98 Å². The number of nitrogen functional groups attached to an aromatic ring is 1. The van der Waals surface area contributed by atoms with Crippen molar-refractivity contribution in [1.82, 2.24) is 4.98 Å². The number of nitrogens with two attached hydrogens (primary N) is 1. The van der Waals surface area contributed by atoms with Gasteiger partial charge in [-0.1, -0.05) is 23.7 Å². The lowest BCUT2D eigenvalue weighted by atomic mass is 10.0. The number of hydrogen-bond donors (Lipinski definition) is 2. The Balaban J connectivity index is 2.08. The molecule has 0 unspecified atom stereocenters. The van der Waals surface area contributed by atoms with Gasteiger partial charge in [-0.25, -0.2) is 13.4 Å². The van der Waals surface area contributed by atoms with Crippen LogP contribution in [0.4, 0.5) is 24.5 Å². The van der Waals surface area contributed by atoms with E-state index in [9.17, 15) is 31.6 Å². The van der Waals surface area contributed by atoms with Crippen LogP contribution in [0.1, 0.15) is 27.2 Å². The number of nitriles is 1. The third-order valence-electron chi connectivity index (χ3n) is 4.21. The number of nitrogens with one attached hydrogen (secondary N) is 1. The lowest BCUT2D eigenvalue weighted by Crippen LogP contribution is -2.18. The molecular formula is C20H12ClF3N4O3S. The largest absolute Gasteiger partial charge is 0.417 e. The van der Waals surface area contributed by atoms with Crippen molar-refractivity contribution in [3.8, 4) is 6.07 Å². The predicted octanol–water partition coefficient (Wildman–Crippen LogP) is 4.24. The molecule has 0 bridgehead atoms. The highest BCUT2D eigenvalue weighted by Crippen LogP contribution is 2.36. The van der Waals surface area contributed by atoms with Crippen molar-refractivity contribution in [3.05, 3.63) is 82.1 Å². The molecule has 0 aliphatic heterocycles. The van der Waals surface area contributed by atoms with Gasteiger partial charge in [-0.2, -0.15) is 18.4 Å². The predicted molar refractivity (Wildman–Crippen MR) is 111 cm³/mol. The number of pyridine rings is 1. The molecule has 0 aliphatic carbocycles. The van der Waals surface area contributed by atoms with Crippen LogP contribution in [0.5, 0.6) is 0 Å². The van der Waals surface area contributed by atoms with E-state index < -0.39 is 43.2 Å². The number of hydrogen-bond acceptors (Lipinski definition) is 6. The molecule has 1 heterocycles. The van der Waals surface area contributed by atoms with Crippen LogP contribution in [0.3, 0.4) is 0 Å². The van der Waals surface area contributed by atoms with Crippen LogP contribution in [-0.2, 0) is 16.2 Å². The summed E-state index contributed by atoms with van der Waals surface area (Å²) in [6.07, 6.45) is -3.78. The summed E-state index contributed by atoms with van der Waals surface area (Å²) in [6.45, 7) is 0. The van der Waals surface area contributed by atoms with E-state index in [1.807, 2.05) is 10.8 Å². The maximum Gasteiger partial charge on any atom is 0.417 e. The van der Waals surface area contributed by atoms with Crippen LogP contribution in [0.15, 0.2) is 59.6 Å². The molecule has 0 radical (unpaired) electrons. The quantitative estimate of drug-likeness (QED) is 0.526. The summed E-state index contributed by atoms with van der Waals surface area (Å²) in [4.78, 5) is 16.1. The number of nitrogens with zero attached hydrogens (tertiary/aromatic N) is 2. The Bertz CT molecular complexity index is 1370. The van der Waals surface area contributed by atoms with Gasteiger partial charge < -0.3 is 5.73 Å². The number of carbonyl (C=O) groups excluding carboxylic acids is 1. The zero-order valence-corrected chi connectivity index (χ0v) is 17.4. The Morgan fingerprint density at radius 1 is 1.16 bits per heavy atom. The van der Waals surface area contributed by atoms with Crippen molar-refractivity contribution in [1.29, 1.82) is 5.26 Å². The van der Waals surface area contributed by atoms with Crippen LogP contribution < -0.4 is 10.5 Å². The van der Waals surface area contributed by atoms with Gasteiger partial charge in [-0.15, -0.1) is 0 Å². The van der Waals surface area contributed by atoms with Gasteiger partial charge in [0.05, 0.1) is 44.7 Å². The van der Waals surface area contributed by atoms with Crippen LogP contribution in [0, 0.1) is 11.3 Å². The van der Waals surface area contributed by atoms with Gasteiger partial charge in [-0.3, -0.25) is 9.52 Å². The topological polar surface area (TPSA) is 126 Å². The van der Waals surface area contributed by atoms with Crippen molar-refractivity contribution >= 4 is 38.8 Å². The molecule has 0 saturated carbocycles. The smallest absolute Gasteiger partial charge is 0.397 e. The number of anilines is 2. The van der Waals surface area contributed by atoms with E-state index in [4.69, 9.17) is 17.3 Å². The molecule has 7 nitrogen and oxygen atoms in total.